The van der Waals surface area contributed by atoms with Crippen LogP contribution in [0.3, 0.4) is 0 Å². The number of aryl methyl sites for hydroxylation is 1. The number of aromatic nitrogens is 2. The van der Waals surface area contributed by atoms with Gasteiger partial charge in [-0.15, -0.1) is 0 Å². The summed E-state index contributed by atoms with van der Waals surface area (Å²) >= 11 is 6.05. The lowest BCUT2D eigenvalue weighted by molar-refractivity contribution is -0.00446. The molecule has 1 aromatic heterocycles. The molecule has 25 heavy (non-hydrogen) atoms. The fraction of sp³-hybridized carbons (Fsp3) is 0.375. The van der Waals surface area contributed by atoms with E-state index in [1.165, 1.54) is 18.2 Å². The first-order chi connectivity index (χ1) is 11.9. The lowest BCUT2D eigenvalue weighted by atomic mass is 9.99. The molecule has 1 N–H and O–H groups in total. The average Bonchev–Trinajstić information content (AvgIpc) is 3.01. The quantitative estimate of drug-likeness (QED) is 0.876. The first-order valence-electron chi connectivity index (χ1n) is 7.73. The largest absolute Gasteiger partial charge is 0.372 e. The molecule has 0 aliphatic carbocycles. The zero-order valence-electron chi connectivity index (χ0n) is 13.5. The topological polar surface area (TPSA) is 97.0 Å². The molecule has 0 amide bonds. The van der Waals surface area contributed by atoms with Crippen LogP contribution in [0.2, 0.25) is 5.02 Å². The van der Waals surface area contributed by atoms with E-state index in [-0.39, 0.29) is 9.92 Å². The minimum atomic E-state index is -3.85. The van der Waals surface area contributed by atoms with Crippen LogP contribution >= 0.6 is 11.6 Å². The lowest BCUT2D eigenvalue weighted by Crippen LogP contribution is -2.42. The molecule has 2 aromatic rings. The molecule has 2 heterocycles. The summed E-state index contributed by atoms with van der Waals surface area (Å²) in [4.78, 5) is -0.0522. The Morgan fingerprint density at radius 1 is 1.48 bits per heavy atom. The molecule has 1 aliphatic heterocycles. The minimum absolute atomic E-state index is 0.0150. The number of hydrogen-bond donors (Lipinski definition) is 1. The predicted octanol–water partition coefficient (Wildman–Crippen LogP) is 2.14. The number of nitriles is 1. The van der Waals surface area contributed by atoms with Crippen LogP contribution in [0.1, 0.15) is 30.1 Å². The minimum Gasteiger partial charge on any atom is -0.372 e. The number of rotatable bonds is 4. The van der Waals surface area contributed by atoms with Crippen LogP contribution in [0.4, 0.5) is 0 Å². The molecule has 1 fully saturated rings. The second-order valence-electron chi connectivity index (χ2n) is 5.87. The Bertz CT molecular complexity index is 920. The summed E-state index contributed by atoms with van der Waals surface area (Å²) in [6.07, 6.45) is 4.48. The highest BCUT2D eigenvalue weighted by Gasteiger charge is 2.33. The summed E-state index contributed by atoms with van der Waals surface area (Å²) < 4.78 is 35.6. The van der Waals surface area contributed by atoms with Gasteiger partial charge in [0.25, 0.3) is 0 Å². The van der Waals surface area contributed by atoms with E-state index in [0.717, 1.165) is 12.0 Å². The number of benzene rings is 1. The van der Waals surface area contributed by atoms with Gasteiger partial charge in [-0.25, -0.2) is 13.1 Å². The highest BCUT2D eigenvalue weighted by molar-refractivity contribution is 7.89. The monoisotopic (exact) mass is 380 g/mol. The second kappa shape index (κ2) is 7.14. The van der Waals surface area contributed by atoms with Crippen molar-refractivity contribution >= 4 is 21.6 Å². The van der Waals surface area contributed by atoms with Crippen LogP contribution in [-0.4, -0.2) is 30.8 Å². The van der Waals surface area contributed by atoms with Crippen LogP contribution in [0.25, 0.3) is 0 Å². The molecule has 132 valence electrons. The maximum atomic E-state index is 12.7. The van der Waals surface area contributed by atoms with E-state index in [0.29, 0.717) is 18.6 Å². The Balaban J connectivity index is 1.87. The third kappa shape index (κ3) is 3.85. The van der Waals surface area contributed by atoms with Crippen molar-refractivity contribution in [2.75, 3.05) is 6.61 Å². The van der Waals surface area contributed by atoms with E-state index < -0.39 is 22.2 Å². The van der Waals surface area contributed by atoms with E-state index in [4.69, 9.17) is 21.6 Å². The smallest absolute Gasteiger partial charge is 0.242 e. The van der Waals surface area contributed by atoms with Crippen molar-refractivity contribution in [2.24, 2.45) is 7.05 Å². The Labute approximate surface area is 151 Å². The maximum Gasteiger partial charge on any atom is 0.242 e. The fourth-order valence-electron chi connectivity index (χ4n) is 2.87. The van der Waals surface area contributed by atoms with E-state index in [1.54, 1.807) is 17.9 Å². The number of hydrogen-bond acceptors (Lipinski definition) is 5. The SMILES string of the molecule is Cn1cc([C@H]2OCCC[C@@H]2NS(=O)(=O)c2ccc(C#N)cc2Cl)cn1. The van der Waals surface area contributed by atoms with Gasteiger partial charge in [-0.3, -0.25) is 4.68 Å². The standard InChI is InChI=1S/C16H17ClN4O3S/c1-21-10-12(9-19-21)16-14(3-2-6-24-16)20-25(22,23)15-5-4-11(8-18)7-13(15)17/h4-5,7,9-10,14,16,20H,2-3,6H2,1H3/t14-,16+/m0/s1. The lowest BCUT2D eigenvalue weighted by Gasteiger charge is -2.31. The molecule has 0 spiro atoms. The molecule has 0 saturated carbocycles. The fourth-order valence-corrected chi connectivity index (χ4v) is 4.68. The van der Waals surface area contributed by atoms with Gasteiger partial charge in [0, 0.05) is 25.4 Å². The zero-order chi connectivity index (χ0) is 18.0. The summed E-state index contributed by atoms with van der Waals surface area (Å²) in [5, 5.41) is 13.0. The predicted molar refractivity (Wildman–Crippen MR) is 91.4 cm³/mol. The zero-order valence-corrected chi connectivity index (χ0v) is 15.1. The van der Waals surface area contributed by atoms with Gasteiger partial charge in [0.15, 0.2) is 0 Å². The van der Waals surface area contributed by atoms with E-state index >= 15 is 0 Å². The van der Waals surface area contributed by atoms with Crippen molar-refractivity contribution in [1.82, 2.24) is 14.5 Å². The van der Waals surface area contributed by atoms with E-state index in [1.807, 2.05) is 12.3 Å². The van der Waals surface area contributed by atoms with Crippen LogP contribution in [0, 0.1) is 11.3 Å². The molecule has 0 radical (unpaired) electrons. The van der Waals surface area contributed by atoms with Crippen molar-refractivity contribution in [2.45, 2.75) is 29.9 Å². The number of halogens is 1. The first kappa shape index (κ1) is 17.9. The summed E-state index contributed by atoms with van der Waals surface area (Å²) in [6.45, 7) is 0.565. The second-order valence-corrected chi connectivity index (χ2v) is 7.96. The third-order valence-corrected chi connectivity index (χ3v) is 6.01. The molecule has 9 heteroatoms. The summed E-state index contributed by atoms with van der Waals surface area (Å²) in [7, 11) is -2.05. The van der Waals surface area contributed by atoms with Crippen molar-refractivity contribution < 1.29 is 13.2 Å². The molecular weight excluding hydrogens is 364 g/mol. The Hall–Kier alpha value is -1.92. The molecule has 0 unspecified atom stereocenters. The van der Waals surface area contributed by atoms with E-state index in [9.17, 15) is 8.42 Å². The van der Waals surface area contributed by atoms with Crippen molar-refractivity contribution in [3.63, 3.8) is 0 Å². The van der Waals surface area contributed by atoms with Gasteiger partial charge in [0.1, 0.15) is 11.0 Å². The number of nitrogens with one attached hydrogen (secondary N) is 1. The Kier molecular flexibility index (Phi) is 5.11. The average molecular weight is 381 g/mol. The van der Waals surface area contributed by atoms with Gasteiger partial charge in [0.05, 0.1) is 28.9 Å². The highest BCUT2D eigenvalue weighted by atomic mass is 35.5. The van der Waals surface area contributed by atoms with E-state index in [2.05, 4.69) is 9.82 Å². The van der Waals surface area contributed by atoms with Gasteiger partial charge in [0.2, 0.25) is 10.0 Å². The summed E-state index contributed by atoms with van der Waals surface area (Å²) in [5.41, 5.74) is 1.12. The Morgan fingerprint density at radius 2 is 2.28 bits per heavy atom. The van der Waals surface area contributed by atoms with Gasteiger partial charge < -0.3 is 4.74 Å². The number of nitrogens with zero attached hydrogens (tertiary/aromatic N) is 3. The van der Waals surface area contributed by atoms with Gasteiger partial charge in [-0.2, -0.15) is 10.4 Å². The Morgan fingerprint density at radius 3 is 2.92 bits per heavy atom. The molecule has 0 bridgehead atoms. The van der Waals surface area contributed by atoms with Crippen LogP contribution in [0.5, 0.6) is 0 Å². The maximum absolute atomic E-state index is 12.7. The normalized spacial score (nSPS) is 21.0. The molecule has 3 rings (SSSR count). The van der Waals surface area contributed by atoms with Crippen molar-refractivity contribution in [1.29, 1.82) is 5.26 Å². The molecule has 1 aromatic carbocycles. The molecule has 7 nitrogen and oxygen atoms in total. The van der Waals surface area contributed by atoms with Gasteiger partial charge in [-0.05, 0) is 31.0 Å². The highest BCUT2D eigenvalue weighted by Crippen LogP contribution is 2.30. The summed E-state index contributed by atoms with van der Waals surface area (Å²) in [5.74, 6) is 0. The number of ether oxygens (including phenoxy) is 1. The van der Waals surface area contributed by atoms with Gasteiger partial charge >= 0.3 is 0 Å². The molecular formula is C16H17ClN4O3S. The third-order valence-electron chi connectivity index (χ3n) is 4.03. The van der Waals surface area contributed by atoms with Gasteiger partial charge in [-0.1, -0.05) is 11.6 Å². The first-order valence-corrected chi connectivity index (χ1v) is 9.59. The molecule has 1 saturated heterocycles. The molecule has 2 atom stereocenters. The van der Waals surface area contributed by atoms with Crippen LogP contribution < -0.4 is 4.72 Å². The van der Waals surface area contributed by atoms with Crippen molar-refractivity contribution in [3.8, 4) is 6.07 Å². The van der Waals surface area contributed by atoms with Crippen molar-refractivity contribution in [3.05, 3.63) is 46.7 Å². The van der Waals surface area contributed by atoms with Crippen LogP contribution in [0.15, 0.2) is 35.5 Å². The summed E-state index contributed by atoms with van der Waals surface area (Å²) in [6, 6.07) is 5.61. The van der Waals surface area contributed by atoms with Crippen LogP contribution in [-0.2, 0) is 21.8 Å². The number of sulfonamides is 1. The molecule has 1 aliphatic rings.